The van der Waals surface area contributed by atoms with Crippen LogP contribution in [-0.4, -0.2) is 207 Å². The van der Waals surface area contributed by atoms with Gasteiger partial charge in [-0.05, 0) is 199 Å². The lowest BCUT2D eigenvalue weighted by Gasteiger charge is -2.34. The Balaban J connectivity index is 0.000000184. The Morgan fingerprint density at radius 1 is 0.397 bits per heavy atom. The number of nitrogens with one attached hydrogen (secondary N) is 3. The fraction of sp³-hybridized carbons (Fsp3) is 0.566. The van der Waals surface area contributed by atoms with E-state index < -0.39 is 97.0 Å². The summed E-state index contributed by atoms with van der Waals surface area (Å²) in [6.45, 7) is 16.0. The molecular weight excluding hydrogens is 1490 g/mol. The van der Waals surface area contributed by atoms with Gasteiger partial charge in [0.1, 0.15) is 59.0 Å². The first-order valence-corrected chi connectivity index (χ1v) is 40.4. The molecule has 6 aliphatic rings. The maximum Gasteiger partial charge on any atom is 0.344 e. The summed E-state index contributed by atoms with van der Waals surface area (Å²) in [5.74, 6) is -6.10. The van der Waals surface area contributed by atoms with Crippen molar-refractivity contribution in [2.75, 3.05) is 103 Å². The molecule has 3 aliphatic carbocycles. The minimum atomic E-state index is -1.35. The predicted octanol–water partition coefficient (Wildman–Crippen LogP) is 9.42. The minimum Gasteiger partial charge on any atom is -0.481 e. The van der Waals surface area contributed by atoms with Crippen molar-refractivity contribution in [1.29, 1.82) is 0 Å². The molecule has 0 unspecified atom stereocenters. The molecule has 0 bridgehead atoms. The first-order valence-electron chi connectivity index (χ1n) is 40.4. The number of fused-ring (bicyclic) bond motifs is 3. The van der Waals surface area contributed by atoms with E-state index in [1.54, 1.807) is 20.8 Å². The average Bonchev–Trinajstić information content (AvgIpc) is 0.801. The van der Waals surface area contributed by atoms with Crippen molar-refractivity contribution in [3.63, 3.8) is 0 Å². The number of aliphatic carboxylic acids is 6. The van der Waals surface area contributed by atoms with Crippen LogP contribution in [0.3, 0.4) is 0 Å². The van der Waals surface area contributed by atoms with Gasteiger partial charge in [-0.15, -0.1) is 0 Å². The number of hydrogen-bond acceptors (Lipinski definition) is 27. The van der Waals surface area contributed by atoms with Crippen molar-refractivity contribution in [3.8, 4) is 0 Å². The number of carboxylic acids is 6. The van der Waals surface area contributed by atoms with Crippen molar-refractivity contribution < 1.29 is 88.0 Å². The zero-order valence-electron chi connectivity index (χ0n) is 67.3. The molecule has 9 heterocycles. The topological polar surface area (TPSA) is 465 Å². The molecular formula is C83H109N15O18. The number of carbonyl (C=O) groups is 9. The van der Waals surface area contributed by atoms with Crippen LogP contribution in [0.1, 0.15) is 212 Å². The van der Waals surface area contributed by atoms with Crippen molar-refractivity contribution >= 4 is 88.6 Å². The minimum absolute atomic E-state index is 0.0355. The zero-order chi connectivity index (χ0) is 83.3. The molecule has 33 nitrogen and oxygen atoms in total. The molecule has 116 heavy (non-hydrogen) atoms. The van der Waals surface area contributed by atoms with E-state index in [0.717, 1.165) is 150 Å². The average molecular weight is 1600 g/mol. The van der Waals surface area contributed by atoms with E-state index in [4.69, 9.17) is 44.7 Å². The monoisotopic (exact) mass is 1600 g/mol. The van der Waals surface area contributed by atoms with Crippen LogP contribution < -0.4 is 30.7 Å². The SMILES string of the molecule is Cc1nc(NC[C@H](CC(=O)OCC(=O)O)C(=O)O)c(C)c(N2CCC(c3ccc4c(n3)CCCC4)CC2)n1.Cc1nc(NC[C@H](CC(=O)OCCC(=O)O)C(=O)O)c(C)c(N2CCC(c3ccc4c(n3)CCCC4)CC2)n1.Cc1nc(NC[C@H](CC(=O)O[C@@H](C)C(=O)O)C(=O)O)c(C)c(N2CCC(c3ccc4c(n3)CCCC4)CC2)n1. The highest BCUT2D eigenvalue weighted by molar-refractivity contribution is 5.83. The number of rotatable bonds is 31. The van der Waals surface area contributed by atoms with Gasteiger partial charge in [-0.2, -0.15) is 0 Å². The Bertz CT molecular complexity index is 4520. The summed E-state index contributed by atoms with van der Waals surface area (Å²) in [6.07, 6.45) is 16.9. The van der Waals surface area contributed by atoms with E-state index in [1.165, 1.54) is 96.3 Å². The predicted molar refractivity (Wildman–Crippen MR) is 427 cm³/mol. The highest BCUT2D eigenvalue weighted by Crippen LogP contribution is 2.38. The smallest absolute Gasteiger partial charge is 0.344 e. The van der Waals surface area contributed by atoms with Gasteiger partial charge in [0.2, 0.25) is 0 Å². The zero-order valence-corrected chi connectivity index (χ0v) is 67.3. The summed E-state index contributed by atoms with van der Waals surface area (Å²) in [6, 6.07) is 13.4. The number of carboxylic acid groups (broad SMARTS) is 6. The summed E-state index contributed by atoms with van der Waals surface area (Å²) >= 11 is 0. The van der Waals surface area contributed by atoms with E-state index in [-0.39, 0.29) is 39.1 Å². The molecule has 6 aromatic heterocycles. The van der Waals surface area contributed by atoms with Crippen LogP contribution in [0.5, 0.6) is 0 Å². The number of aryl methyl sites for hydroxylation is 9. The summed E-state index contributed by atoms with van der Waals surface area (Å²) < 4.78 is 14.2. The number of anilines is 6. The Kier molecular flexibility index (Phi) is 31.0. The van der Waals surface area contributed by atoms with Gasteiger partial charge in [0.05, 0.1) is 43.4 Å². The fourth-order valence-corrected chi connectivity index (χ4v) is 15.7. The molecule has 3 fully saturated rings. The van der Waals surface area contributed by atoms with Gasteiger partial charge in [0.15, 0.2) is 12.7 Å². The molecule has 4 atom stereocenters. The van der Waals surface area contributed by atoms with Gasteiger partial charge in [-0.1, -0.05) is 18.2 Å². The molecule has 12 rings (SSSR count). The third-order valence-corrected chi connectivity index (χ3v) is 22.4. The van der Waals surface area contributed by atoms with Crippen LogP contribution in [0.4, 0.5) is 34.9 Å². The number of ether oxygens (including phenoxy) is 3. The first kappa shape index (κ1) is 87.1. The molecule has 6 aromatic rings. The van der Waals surface area contributed by atoms with Crippen LogP contribution >= 0.6 is 0 Å². The van der Waals surface area contributed by atoms with Crippen LogP contribution in [0.15, 0.2) is 36.4 Å². The largest absolute Gasteiger partial charge is 0.481 e. The molecule has 33 heteroatoms. The first-order chi connectivity index (χ1) is 55.5. The van der Waals surface area contributed by atoms with E-state index in [9.17, 15) is 58.5 Å². The van der Waals surface area contributed by atoms with Crippen molar-refractivity contribution in [1.82, 2.24) is 44.9 Å². The molecule has 0 spiro atoms. The van der Waals surface area contributed by atoms with E-state index in [2.05, 4.69) is 96.7 Å². The molecule has 624 valence electrons. The van der Waals surface area contributed by atoms with Crippen molar-refractivity contribution in [2.24, 2.45) is 17.8 Å². The van der Waals surface area contributed by atoms with Crippen LogP contribution in [-0.2, 0) is 95.9 Å². The highest BCUT2D eigenvalue weighted by atomic mass is 16.6. The van der Waals surface area contributed by atoms with Crippen LogP contribution in [0.2, 0.25) is 0 Å². The summed E-state index contributed by atoms with van der Waals surface area (Å²) in [4.78, 5) is 152. The van der Waals surface area contributed by atoms with Gasteiger partial charge >= 0.3 is 53.7 Å². The number of hydrogen-bond donors (Lipinski definition) is 9. The number of esters is 3. The molecule has 0 amide bonds. The molecule has 9 N–H and O–H groups in total. The number of nitrogens with zero attached hydrogens (tertiary/aromatic N) is 12. The Hall–Kier alpha value is -11.3. The van der Waals surface area contributed by atoms with Gasteiger partial charge in [-0.25, -0.2) is 39.5 Å². The van der Waals surface area contributed by atoms with Crippen molar-refractivity contribution in [3.05, 3.63) is 121 Å². The fourth-order valence-electron chi connectivity index (χ4n) is 15.7. The number of carbonyl (C=O) groups excluding carboxylic acids is 3. The van der Waals surface area contributed by atoms with Gasteiger partial charge in [-0.3, -0.25) is 48.5 Å². The van der Waals surface area contributed by atoms with E-state index in [1.807, 2.05) is 20.8 Å². The number of aromatic nitrogens is 9. The summed E-state index contributed by atoms with van der Waals surface area (Å²) in [5, 5.41) is 64.1. The van der Waals surface area contributed by atoms with Crippen LogP contribution in [0, 0.1) is 59.3 Å². The van der Waals surface area contributed by atoms with Gasteiger partial charge < -0.3 is 75.5 Å². The summed E-state index contributed by atoms with van der Waals surface area (Å²) in [5.41, 5.74) is 14.0. The van der Waals surface area contributed by atoms with Crippen molar-refractivity contribution in [2.45, 2.75) is 214 Å². The maximum absolute atomic E-state index is 12.1. The molecule has 0 saturated carbocycles. The van der Waals surface area contributed by atoms with Gasteiger partial charge in [0, 0.05) is 128 Å². The molecule has 0 radical (unpaired) electrons. The Morgan fingerprint density at radius 2 is 0.707 bits per heavy atom. The second-order valence-corrected chi connectivity index (χ2v) is 30.9. The Morgan fingerprint density at radius 3 is 1.01 bits per heavy atom. The number of piperidine rings is 3. The van der Waals surface area contributed by atoms with E-state index >= 15 is 0 Å². The lowest BCUT2D eigenvalue weighted by molar-refractivity contribution is -0.164. The van der Waals surface area contributed by atoms with Crippen LogP contribution in [0.25, 0.3) is 0 Å². The number of pyridine rings is 3. The lowest BCUT2D eigenvalue weighted by Crippen LogP contribution is -2.35. The second kappa shape index (κ2) is 41.3. The third kappa shape index (κ3) is 24.4. The maximum atomic E-state index is 12.1. The Labute approximate surface area is 674 Å². The molecule has 0 aromatic carbocycles. The quantitative estimate of drug-likeness (QED) is 0.0144. The van der Waals surface area contributed by atoms with E-state index in [0.29, 0.717) is 52.7 Å². The summed E-state index contributed by atoms with van der Waals surface area (Å²) in [7, 11) is 0. The lowest BCUT2D eigenvalue weighted by atomic mass is 9.90. The standard InChI is InChI=1S/2C28H37N5O6.C27H35N5O6/c1-16-25(29-15-21(28(37)38)14-24(34)39-17(2)27(35)36)30-18(3)31-26(16)33-12-10-20(11-13-33)23-9-8-19-6-4-5-7-22(19)32-23;1-17-26(29-16-21(28(37)38)15-25(36)39-14-11-24(34)35)30-18(2)31-27(17)33-12-9-20(10-13-33)23-8-7-19-5-3-4-6-22(19)32-23;1-16-25(28-14-20(27(36)37)13-24(35)38-15-23(33)34)29-17(2)30-26(16)32-11-9-19(10-12-32)22-8-7-18-5-3-4-6-21(18)31-22/h8-9,17,20-21H,4-7,10-15H2,1-3H3,(H,35,36)(H,37,38)(H,29,30,31);7-8,20-21H,3-6,9-16H2,1-2H3,(H,34,35)(H,37,38)(H,29,30,31);7-8,19-20H,3-6,9-15H2,1-2H3,(H,33,34)(H,36,37)(H,28,29,30)/t17-,21-;21-;20-/m000/s1. The normalized spacial score (nSPS) is 16.6. The molecule has 3 aliphatic heterocycles. The highest BCUT2D eigenvalue weighted by Gasteiger charge is 2.33. The third-order valence-electron chi connectivity index (χ3n) is 22.4. The van der Waals surface area contributed by atoms with Gasteiger partial charge in [0.25, 0.3) is 0 Å². The molecule has 3 saturated heterocycles. The second-order valence-electron chi connectivity index (χ2n) is 30.9.